The highest BCUT2D eigenvalue weighted by Gasteiger charge is 2.29. The molecule has 1 unspecified atom stereocenters. The molecule has 1 amide bonds. The molecule has 0 bridgehead atoms. The number of amides is 1. The summed E-state index contributed by atoms with van der Waals surface area (Å²) in [5, 5.41) is 5.95. The highest BCUT2D eigenvalue weighted by molar-refractivity contribution is 5.81. The minimum atomic E-state index is -0.0833. The van der Waals surface area contributed by atoms with Gasteiger partial charge >= 0.3 is 0 Å². The fourth-order valence-corrected chi connectivity index (χ4v) is 1.99. The van der Waals surface area contributed by atoms with E-state index in [0.29, 0.717) is 5.41 Å². The summed E-state index contributed by atoms with van der Waals surface area (Å²) < 4.78 is 0. The Labute approximate surface area is 86.6 Å². The van der Waals surface area contributed by atoms with Crippen LogP contribution in [0.25, 0.3) is 0 Å². The second kappa shape index (κ2) is 4.78. The largest absolute Gasteiger partial charge is 0.354 e. The Morgan fingerprint density at radius 2 is 2.00 bits per heavy atom. The Kier molecular flexibility index (Phi) is 3.93. The van der Waals surface area contributed by atoms with Crippen molar-refractivity contribution in [1.29, 1.82) is 0 Å². The van der Waals surface area contributed by atoms with E-state index in [1.807, 2.05) is 14.0 Å². The third-order valence-electron chi connectivity index (χ3n) is 3.33. The van der Waals surface area contributed by atoms with Gasteiger partial charge in [0.05, 0.1) is 6.04 Å². The van der Waals surface area contributed by atoms with E-state index in [1.54, 1.807) is 0 Å². The molecule has 0 heterocycles. The topological polar surface area (TPSA) is 41.1 Å². The first kappa shape index (κ1) is 11.5. The average Bonchev–Trinajstić information content (AvgIpc) is 2.61. The number of hydrogen-bond donors (Lipinski definition) is 2. The third kappa shape index (κ3) is 2.98. The predicted octanol–water partition coefficient (Wildman–Crippen LogP) is 1.29. The monoisotopic (exact) mass is 198 g/mol. The molecule has 2 N–H and O–H groups in total. The van der Waals surface area contributed by atoms with Gasteiger partial charge in [0.15, 0.2) is 0 Å². The van der Waals surface area contributed by atoms with Gasteiger partial charge < -0.3 is 10.6 Å². The van der Waals surface area contributed by atoms with E-state index in [-0.39, 0.29) is 11.9 Å². The summed E-state index contributed by atoms with van der Waals surface area (Å²) in [4.78, 5) is 11.5. The van der Waals surface area contributed by atoms with Crippen molar-refractivity contribution in [3.05, 3.63) is 0 Å². The Morgan fingerprint density at radius 3 is 2.50 bits per heavy atom. The van der Waals surface area contributed by atoms with E-state index in [0.717, 1.165) is 6.54 Å². The molecule has 0 aliphatic heterocycles. The molecule has 1 aliphatic rings. The molecule has 1 saturated carbocycles. The Hall–Kier alpha value is -0.570. The Morgan fingerprint density at radius 1 is 1.43 bits per heavy atom. The molecule has 14 heavy (non-hydrogen) atoms. The van der Waals surface area contributed by atoms with Crippen LogP contribution in [-0.2, 0) is 4.79 Å². The number of carbonyl (C=O) groups is 1. The number of nitrogens with one attached hydrogen (secondary N) is 2. The summed E-state index contributed by atoms with van der Waals surface area (Å²) >= 11 is 0. The van der Waals surface area contributed by atoms with Crippen LogP contribution in [0.1, 0.15) is 39.5 Å². The SMILES string of the molecule is CNC(C)C(=O)NCC1(C)CCCC1. The molecule has 1 fully saturated rings. The molecule has 3 heteroatoms. The lowest BCUT2D eigenvalue weighted by molar-refractivity contribution is -0.123. The molecule has 3 nitrogen and oxygen atoms in total. The maximum atomic E-state index is 11.5. The number of carbonyl (C=O) groups excluding carboxylic acids is 1. The van der Waals surface area contributed by atoms with Crippen LogP contribution < -0.4 is 10.6 Å². The van der Waals surface area contributed by atoms with E-state index in [9.17, 15) is 4.79 Å². The summed E-state index contributed by atoms with van der Waals surface area (Å²) in [6, 6.07) is -0.0833. The van der Waals surface area contributed by atoms with Crippen molar-refractivity contribution in [2.24, 2.45) is 5.41 Å². The molecule has 1 atom stereocenters. The van der Waals surface area contributed by atoms with Gasteiger partial charge in [-0.05, 0) is 32.2 Å². The van der Waals surface area contributed by atoms with E-state index in [2.05, 4.69) is 17.6 Å². The molecule has 0 radical (unpaired) electrons. The first-order valence-corrected chi connectivity index (χ1v) is 5.52. The molecule has 1 aliphatic carbocycles. The summed E-state index contributed by atoms with van der Waals surface area (Å²) in [5.41, 5.74) is 0.350. The molecule has 0 aromatic heterocycles. The zero-order valence-corrected chi connectivity index (χ0v) is 9.52. The lowest BCUT2D eigenvalue weighted by Crippen LogP contribution is -2.43. The van der Waals surface area contributed by atoms with Crippen molar-refractivity contribution in [2.45, 2.75) is 45.6 Å². The normalized spacial score (nSPS) is 21.9. The first-order chi connectivity index (χ1) is 6.57. The average molecular weight is 198 g/mol. The van der Waals surface area contributed by atoms with Crippen molar-refractivity contribution in [3.63, 3.8) is 0 Å². The quantitative estimate of drug-likeness (QED) is 0.714. The predicted molar refractivity (Wildman–Crippen MR) is 58.1 cm³/mol. The molecule has 0 aromatic carbocycles. The number of hydrogen-bond acceptors (Lipinski definition) is 2. The summed E-state index contributed by atoms with van der Waals surface area (Å²) in [7, 11) is 1.81. The molecule has 0 spiro atoms. The smallest absolute Gasteiger partial charge is 0.236 e. The van der Waals surface area contributed by atoms with E-state index in [1.165, 1.54) is 25.7 Å². The summed E-state index contributed by atoms with van der Waals surface area (Å²) in [6.45, 7) is 4.98. The van der Waals surface area contributed by atoms with Gasteiger partial charge in [-0.2, -0.15) is 0 Å². The molecule has 0 aromatic rings. The van der Waals surface area contributed by atoms with Crippen molar-refractivity contribution >= 4 is 5.91 Å². The Bertz CT molecular complexity index is 197. The molecular formula is C11H22N2O. The van der Waals surface area contributed by atoms with Gasteiger partial charge in [0.1, 0.15) is 0 Å². The fourth-order valence-electron chi connectivity index (χ4n) is 1.99. The Balaban J connectivity index is 2.29. The highest BCUT2D eigenvalue weighted by Crippen LogP contribution is 2.36. The van der Waals surface area contributed by atoms with Gasteiger partial charge in [0.25, 0.3) is 0 Å². The van der Waals surface area contributed by atoms with Gasteiger partial charge in [-0.25, -0.2) is 0 Å². The van der Waals surface area contributed by atoms with Crippen LogP contribution >= 0.6 is 0 Å². The van der Waals surface area contributed by atoms with Crippen molar-refractivity contribution in [3.8, 4) is 0 Å². The van der Waals surface area contributed by atoms with E-state index in [4.69, 9.17) is 0 Å². The molecule has 0 saturated heterocycles. The van der Waals surface area contributed by atoms with E-state index < -0.39 is 0 Å². The second-order valence-corrected chi connectivity index (χ2v) is 4.75. The second-order valence-electron chi connectivity index (χ2n) is 4.75. The maximum absolute atomic E-state index is 11.5. The molecule has 1 rings (SSSR count). The summed E-state index contributed by atoms with van der Waals surface area (Å²) in [6.07, 6.45) is 5.13. The van der Waals surface area contributed by atoms with Gasteiger partial charge in [-0.3, -0.25) is 4.79 Å². The summed E-state index contributed by atoms with van der Waals surface area (Å²) in [5.74, 6) is 0.112. The van der Waals surface area contributed by atoms with Crippen LogP contribution in [-0.4, -0.2) is 25.5 Å². The highest BCUT2D eigenvalue weighted by atomic mass is 16.2. The van der Waals surface area contributed by atoms with Crippen molar-refractivity contribution < 1.29 is 4.79 Å². The maximum Gasteiger partial charge on any atom is 0.236 e. The number of rotatable bonds is 4. The van der Waals surface area contributed by atoms with Crippen LogP contribution in [0.3, 0.4) is 0 Å². The van der Waals surface area contributed by atoms with Gasteiger partial charge in [-0.15, -0.1) is 0 Å². The van der Waals surface area contributed by atoms with Crippen LogP contribution in [0.4, 0.5) is 0 Å². The van der Waals surface area contributed by atoms with E-state index >= 15 is 0 Å². The molecule has 82 valence electrons. The molecular weight excluding hydrogens is 176 g/mol. The van der Waals surface area contributed by atoms with Gasteiger partial charge in [-0.1, -0.05) is 19.8 Å². The fraction of sp³-hybridized carbons (Fsp3) is 0.909. The lowest BCUT2D eigenvalue weighted by atomic mass is 9.89. The van der Waals surface area contributed by atoms with Crippen LogP contribution in [0.2, 0.25) is 0 Å². The van der Waals surface area contributed by atoms with Gasteiger partial charge in [0, 0.05) is 6.54 Å². The zero-order valence-electron chi connectivity index (χ0n) is 9.52. The van der Waals surface area contributed by atoms with Crippen molar-refractivity contribution in [2.75, 3.05) is 13.6 Å². The standard InChI is InChI=1S/C11H22N2O/c1-9(12-3)10(14)13-8-11(2)6-4-5-7-11/h9,12H,4-8H2,1-3H3,(H,13,14). The van der Waals surface area contributed by atoms with Crippen LogP contribution in [0, 0.1) is 5.41 Å². The van der Waals surface area contributed by atoms with Crippen LogP contribution in [0.15, 0.2) is 0 Å². The van der Waals surface area contributed by atoms with Crippen LogP contribution in [0.5, 0.6) is 0 Å². The minimum absolute atomic E-state index is 0.0833. The first-order valence-electron chi connectivity index (χ1n) is 5.52. The number of likely N-dealkylation sites (N-methyl/N-ethyl adjacent to an activating group) is 1. The minimum Gasteiger partial charge on any atom is -0.354 e. The van der Waals surface area contributed by atoms with Crippen molar-refractivity contribution in [1.82, 2.24) is 10.6 Å². The van der Waals surface area contributed by atoms with Gasteiger partial charge in [0.2, 0.25) is 5.91 Å². The lowest BCUT2D eigenvalue weighted by Gasteiger charge is -2.24. The zero-order chi connectivity index (χ0) is 10.6. The third-order valence-corrected chi connectivity index (χ3v) is 3.33.